The number of likely N-dealkylation sites (tertiary alicyclic amines) is 1. The minimum atomic E-state index is -0.798. The highest BCUT2D eigenvalue weighted by molar-refractivity contribution is 5.80. The van der Waals surface area contributed by atoms with Crippen LogP contribution in [0.25, 0.3) is 0 Å². The van der Waals surface area contributed by atoms with E-state index in [0.717, 1.165) is 12.0 Å². The van der Waals surface area contributed by atoms with Gasteiger partial charge in [0.25, 0.3) is 0 Å². The fraction of sp³-hybridized carbons (Fsp3) is 0.467. The van der Waals surface area contributed by atoms with Crippen LogP contribution in [0, 0.1) is 12.8 Å². The van der Waals surface area contributed by atoms with Crippen molar-refractivity contribution in [2.24, 2.45) is 5.92 Å². The molecule has 1 N–H and O–H groups in total. The van der Waals surface area contributed by atoms with Crippen molar-refractivity contribution in [3.8, 4) is 0 Å². The molecule has 1 aliphatic rings. The summed E-state index contributed by atoms with van der Waals surface area (Å²) in [5.41, 5.74) is 2.15. The minimum Gasteiger partial charge on any atom is -0.481 e. The number of carbonyl (C=O) groups excluding carboxylic acids is 1. The molecule has 1 heterocycles. The molecule has 102 valence electrons. The number of aliphatic carboxylic acids is 1. The van der Waals surface area contributed by atoms with Gasteiger partial charge in [-0.25, -0.2) is 0 Å². The molecular formula is C15H19NO3. The van der Waals surface area contributed by atoms with Crippen LogP contribution in [0.1, 0.15) is 24.0 Å². The Morgan fingerprint density at radius 1 is 1.32 bits per heavy atom. The number of benzene rings is 1. The van der Waals surface area contributed by atoms with Crippen molar-refractivity contribution >= 4 is 11.9 Å². The summed E-state index contributed by atoms with van der Waals surface area (Å²) in [4.78, 5) is 24.8. The highest BCUT2D eigenvalue weighted by Crippen LogP contribution is 2.17. The zero-order chi connectivity index (χ0) is 13.8. The number of aryl methyl sites for hydroxylation is 1. The maximum Gasteiger partial charge on any atom is 0.308 e. The van der Waals surface area contributed by atoms with E-state index in [0.29, 0.717) is 25.9 Å². The summed E-state index contributed by atoms with van der Waals surface area (Å²) in [7, 11) is 0. The van der Waals surface area contributed by atoms with Gasteiger partial charge in [0.2, 0.25) is 5.91 Å². The maximum absolute atomic E-state index is 12.2. The van der Waals surface area contributed by atoms with E-state index < -0.39 is 11.9 Å². The van der Waals surface area contributed by atoms with Crippen molar-refractivity contribution in [3.05, 3.63) is 35.4 Å². The standard InChI is InChI=1S/C15H19NO3/c1-11-4-6-12(7-5-11)9-14(17)16-8-2-3-13(10-16)15(18)19/h4-7,13H,2-3,8-10H2,1H3,(H,18,19)/t13-/m1/s1. The van der Waals surface area contributed by atoms with Gasteiger partial charge < -0.3 is 10.0 Å². The molecule has 2 rings (SSSR count). The first-order chi connectivity index (χ1) is 9.06. The van der Waals surface area contributed by atoms with Gasteiger partial charge in [-0.1, -0.05) is 29.8 Å². The molecule has 0 aliphatic carbocycles. The predicted octanol–water partition coefficient (Wildman–Crippen LogP) is 1.86. The fourth-order valence-corrected chi connectivity index (χ4v) is 2.40. The number of nitrogens with zero attached hydrogens (tertiary/aromatic N) is 1. The third-order valence-corrected chi connectivity index (χ3v) is 3.60. The van der Waals surface area contributed by atoms with Crippen molar-refractivity contribution in [1.29, 1.82) is 0 Å². The Labute approximate surface area is 113 Å². The van der Waals surface area contributed by atoms with E-state index in [2.05, 4.69) is 0 Å². The molecule has 4 nitrogen and oxygen atoms in total. The molecule has 0 radical (unpaired) electrons. The van der Waals surface area contributed by atoms with Crippen molar-refractivity contribution in [1.82, 2.24) is 4.90 Å². The molecule has 1 fully saturated rings. The third kappa shape index (κ3) is 3.56. The molecule has 0 saturated carbocycles. The number of piperidine rings is 1. The van der Waals surface area contributed by atoms with Crippen molar-refractivity contribution < 1.29 is 14.7 Å². The Morgan fingerprint density at radius 3 is 2.63 bits per heavy atom. The molecule has 1 atom stereocenters. The van der Waals surface area contributed by atoms with Crippen LogP contribution in [0.4, 0.5) is 0 Å². The van der Waals surface area contributed by atoms with Gasteiger partial charge >= 0.3 is 5.97 Å². The van der Waals surface area contributed by atoms with Gasteiger partial charge in [-0.05, 0) is 25.3 Å². The number of carbonyl (C=O) groups is 2. The predicted molar refractivity (Wildman–Crippen MR) is 71.8 cm³/mol. The van der Waals surface area contributed by atoms with Gasteiger partial charge in [-0.2, -0.15) is 0 Å². The van der Waals surface area contributed by atoms with E-state index in [1.165, 1.54) is 5.56 Å². The topological polar surface area (TPSA) is 57.6 Å². The summed E-state index contributed by atoms with van der Waals surface area (Å²) in [5.74, 6) is -1.18. The molecule has 19 heavy (non-hydrogen) atoms. The van der Waals surface area contributed by atoms with E-state index >= 15 is 0 Å². The van der Waals surface area contributed by atoms with E-state index in [1.807, 2.05) is 31.2 Å². The number of rotatable bonds is 3. The molecule has 4 heteroatoms. The molecule has 0 bridgehead atoms. The van der Waals surface area contributed by atoms with Crippen LogP contribution < -0.4 is 0 Å². The summed E-state index contributed by atoms with van der Waals surface area (Å²) >= 11 is 0. The van der Waals surface area contributed by atoms with E-state index in [-0.39, 0.29) is 5.91 Å². The lowest BCUT2D eigenvalue weighted by atomic mass is 9.97. The Hall–Kier alpha value is -1.84. The second-order valence-electron chi connectivity index (χ2n) is 5.18. The maximum atomic E-state index is 12.2. The average molecular weight is 261 g/mol. The van der Waals surface area contributed by atoms with Crippen LogP contribution in [0.3, 0.4) is 0 Å². The zero-order valence-corrected chi connectivity index (χ0v) is 11.1. The number of carboxylic acid groups (broad SMARTS) is 1. The summed E-state index contributed by atoms with van der Waals surface area (Å²) < 4.78 is 0. The Kier molecular flexibility index (Phi) is 4.20. The largest absolute Gasteiger partial charge is 0.481 e. The fourth-order valence-electron chi connectivity index (χ4n) is 2.40. The van der Waals surface area contributed by atoms with Gasteiger partial charge in [0.1, 0.15) is 0 Å². The number of carboxylic acids is 1. The summed E-state index contributed by atoms with van der Waals surface area (Å²) in [6.45, 7) is 3.03. The monoisotopic (exact) mass is 261 g/mol. The zero-order valence-electron chi connectivity index (χ0n) is 11.1. The van der Waals surface area contributed by atoms with Gasteiger partial charge in [-0.15, -0.1) is 0 Å². The van der Waals surface area contributed by atoms with Gasteiger partial charge in [0, 0.05) is 13.1 Å². The first-order valence-electron chi connectivity index (χ1n) is 6.62. The van der Waals surface area contributed by atoms with Crippen molar-refractivity contribution in [3.63, 3.8) is 0 Å². The molecule has 1 aromatic carbocycles. The van der Waals surface area contributed by atoms with E-state index in [1.54, 1.807) is 4.90 Å². The van der Waals surface area contributed by atoms with Gasteiger partial charge in [-0.3, -0.25) is 9.59 Å². The van der Waals surface area contributed by atoms with E-state index in [9.17, 15) is 9.59 Å². The van der Waals surface area contributed by atoms with Crippen LogP contribution in [0.15, 0.2) is 24.3 Å². The molecular weight excluding hydrogens is 242 g/mol. The third-order valence-electron chi connectivity index (χ3n) is 3.60. The van der Waals surface area contributed by atoms with Gasteiger partial charge in [0.15, 0.2) is 0 Å². The lowest BCUT2D eigenvalue weighted by Gasteiger charge is -2.30. The summed E-state index contributed by atoms with van der Waals surface area (Å²) in [6, 6.07) is 7.87. The highest BCUT2D eigenvalue weighted by Gasteiger charge is 2.27. The molecule has 1 amide bonds. The molecule has 1 aliphatic heterocycles. The van der Waals surface area contributed by atoms with E-state index in [4.69, 9.17) is 5.11 Å². The second-order valence-corrected chi connectivity index (χ2v) is 5.18. The molecule has 0 unspecified atom stereocenters. The average Bonchev–Trinajstić information content (AvgIpc) is 2.41. The molecule has 1 aromatic rings. The molecule has 0 aromatic heterocycles. The summed E-state index contributed by atoms with van der Waals surface area (Å²) in [6.07, 6.45) is 1.80. The Balaban J connectivity index is 1.96. The molecule has 1 saturated heterocycles. The van der Waals surface area contributed by atoms with Crippen LogP contribution in [0.2, 0.25) is 0 Å². The number of hydrogen-bond acceptors (Lipinski definition) is 2. The van der Waals surface area contributed by atoms with Crippen molar-refractivity contribution in [2.75, 3.05) is 13.1 Å². The van der Waals surface area contributed by atoms with Crippen LogP contribution >= 0.6 is 0 Å². The summed E-state index contributed by atoms with van der Waals surface area (Å²) in [5, 5.41) is 9.02. The number of hydrogen-bond donors (Lipinski definition) is 1. The van der Waals surface area contributed by atoms with Gasteiger partial charge in [0.05, 0.1) is 12.3 Å². The lowest BCUT2D eigenvalue weighted by molar-refractivity contribution is -0.145. The molecule has 0 spiro atoms. The SMILES string of the molecule is Cc1ccc(CC(=O)N2CCC[C@@H](C(=O)O)C2)cc1. The van der Waals surface area contributed by atoms with Crippen LogP contribution in [-0.2, 0) is 16.0 Å². The smallest absolute Gasteiger partial charge is 0.308 e. The quantitative estimate of drug-likeness (QED) is 0.903. The Morgan fingerprint density at radius 2 is 2.00 bits per heavy atom. The number of amides is 1. The minimum absolute atomic E-state index is 0.0230. The first-order valence-corrected chi connectivity index (χ1v) is 6.62. The van der Waals surface area contributed by atoms with Crippen molar-refractivity contribution in [2.45, 2.75) is 26.2 Å². The van der Waals surface area contributed by atoms with Crippen LogP contribution in [-0.4, -0.2) is 35.0 Å². The highest BCUT2D eigenvalue weighted by atomic mass is 16.4. The second kappa shape index (κ2) is 5.87. The lowest BCUT2D eigenvalue weighted by Crippen LogP contribution is -2.42. The normalized spacial score (nSPS) is 19.2. The first kappa shape index (κ1) is 13.6. The van der Waals surface area contributed by atoms with Crippen LogP contribution in [0.5, 0.6) is 0 Å². The Bertz CT molecular complexity index is 467.